The highest BCUT2D eigenvalue weighted by Gasteiger charge is 2.33. The van der Waals surface area contributed by atoms with Gasteiger partial charge in [-0.15, -0.1) is 10.2 Å². The second kappa shape index (κ2) is 7.58. The molecule has 0 bridgehead atoms. The Kier molecular flexibility index (Phi) is 5.22. The maximum atomic E-state index is 12.4. The quantitative estimate of drug-likeness (QED) is 0.739. The molecule has 0 unspecified atom stereocenters. The number of nitrogens with zero attached hydrogens (tertiary/aromatic N) is 4. The smallest absolute Gasteiger partial charge is 0.355 e. The molecule has 2 aromatic rings. The number of methoxy groups -OCH3 is 2. The van der Waals surface area contributed by atoms with Crippen LogP contribution in [0, 0.1) is 6.92 Å². The van der Waals surface area contributed by atoms with Crippen molar-refractivity contribution in [2.45, 2.75) is 6.92 Å². The average Bonchev–Trinajstić information content (AvgIpc) is 3.12. The lowest BCUT2D eigenvalue weighted by molar-refractivity contribution is -0.140. The van der Waals surface area contributed by atoms with E-state index in [2.05, 4.69) is 10.2 Å². The summed E-state index contributed by atoms with van der Waals surface area (Å²) in [5.74, 6) is -0.589. The molecule has 0 saturated carbocycles. The van der Waals surface area contributed by atoms with Crippen LogP contribution in [0.15, 0.2) is 35.8 Å². The van der Waals surface area contributed by atoms with Gasteiger partial charge in [-0.05, 0) is 18.6 Å². The van der Waals surface area contributed by atoms with Crippen LogP contribution in [-0.2, 0) is 30.8 Å². The van der Waals surface area contributed by atoms with Gasteiger partial charge < -0.3 is 23.7 Å². The molecule has 0 amide bonds. The Hall–Kier alpha value is -3.20. The number of ether oxygens (including phenoxy) is 3. The van der Waals surface area contributed by atoms with Crippen molar-refractivity contribution in [3.8, 4) is 11.4 Å². The molecule has 0 saturated heterocycles. The molecule has 142 valence electrons. The monoisotopic (exact) mass is 372 g/mol. The number of hydrogen-bond donors (Lipinski definition) is 0. The largest absolute Gasteiger partial charge is 0.466 e. The summed E-state index contributed by atoms with van der Waals surface area (Å²) in [7, 11) is 4.37. The van der Waals surface area contributed by atoms with Crippen molar-refractivity contribution in [1.82, 2.24) is 14.8 Å². The summed E-state index contributed by atoms with van der Waals surface area (Å²) in [6.07, 6.45) is 1.61. The molecule has 3 rings (SSSR count). The first kappa shape index (κ1) is 18.6. The molecule has 1 aromatic heterocycles. The van der Waals surface area contributed by atoms with Gasteiger partial charge >= 0.3 is 11.9 Å². The molecule has 0 N–H and O–H groups in total. The van der Waals surface area contributed by atoms with Crippen LogP contribution in [0.4, 0.5) is 5.69 Å². The average molecular weight is 372 g/mol. The summed E-state index contributed by atoms with van der Waals surface area (Å²) in [5, 5.41) is 8.06. The summed E-state index contributed by atoms with van der Waals surface area (Å²) < 4.78 is 17.0. The summed E-state index contributed by atoms with van der Waals surface area (Å²) in [6.45, 7) is 1.96. The van der Waals surface area contributed by atoms with E-state index in [0.29, 0.717) is 11.5 Å². The Labute approximate surface area is 156 Å². The van der Waals surface area contributed by atoms with Crippen molar-refractivity contribution in [2.75, 3.05) is 32.5 Å². The third-order valence-corrected chi connectivity index (χ3v) is 4.38. The fourth-order valence-electron chi connectivity index (χ4n) is 3.02. The van der Waals surface area contributed by atoms with Crippen LogP contribution < -0.4 is 4.90 Å². The van der Waals surface area contributed by atoms with E-state index in [1.807, 2.05) is 32.2 Å². The van der Waals surface area contributed by atoms with Crippen LogP contribution in [0.5, 0.6) is 0 Å². The van der Waals surface area contributed by atoms with Gasteiger partial charge in [0.25, 0.3) is 0 Å². The van der Waals surface area contributed by atoms with E-state index in [-0.39, 0.29) is 24.6 Å². The lowest BCUT2D eigenvalue weighted by Crippen LogP contribution is -2.39. The number of aromatic nitrogens is 3. The summed E-state index contributed by atoms with van der Waals surface area (Å²) in [5.41, 5.74) is 2.61. The van der Waals surface area contributed by atoms with E-state index in [1.54, 1.807) is 15.8 Å². The zero-order valence-corrected chi connectivity index (χ0v) is 15.6. The van der Waals surface area contributed by atoms with Crippen LogP contribution in [0.1, 0.15) is 5.56 Å². The first-order valence-electron chi connectivity index (χ1n) is 8.18. The zero-order valence-electron chi connectivity index (χ0n) is 15.6. The van der Waals surface area contributed by atoms with Gasteiger partial charge in [-0.3, -0.25) is 0 Å². The molecular weight excluding hydrogens is 352 g/mol. The van der Waals surface area contributed by atoms with Crippen LogP contribution in [0.2, 0.25) is 0 Å². The number of carbonyl (C=O) groups excluding carboxylic acids is 2. The highest BCUT2D eigenvalue weighted by molar-refractivity contribution is 6.03. The van der Waals surface area contributed by atoms with Gasteiger partial charge in [-0.25, -0.2) is 9.59 Å². The van der Waals surface area contributed by atoms with Crippen molar-refractivity contribution in [3.63, 3.8) is 0 Å². The Morgan fingerprint density at radius 2 is 1.93 bits per heavy atom. The van der Waals surface area contributed by atoms with E-state index in [1.165, 1.54) is 14.2 Å². The van der Waals surface area contributed by atoms with E-state index >= 15 is 0 Å². The third kappa shape index (κ3) is 3.28. The van der Waals surface area contributed by atoms with Gasteiger partial charge in [0, 0.05) is 18.3 Å². The van der Waals surface area contributed by atoms with Gasteiger partial charge in [-0.1, -0.05) is 12.1 Å². The van der Waals surface area contributed by atoms with Crippen molar-refractivity contribution in [2.24, 2.45) is 7.05 Å². The van der Waals surface area contributed by atoms with Gasteiger partial charge in [-0.2, -0.15) is 0 Å². The minimum absolute atomic E-state index is 0.0321. The molecular formula is C18H20N4O5. The molecule has 1 aliphatic rings. The number of esters is 2. The molecule has 0 atom stereocenters. The number of anilines is 1. The Morgan fingerprint density at radius 3 is 2.56 bits per heavy atom. The van der Waals surface area contributed by atoms with Crippen molar-refractivity contribution in [3.05, 3.63) is 41.4 Å². The van der Waals surface area contributed by atoms with Gasteiger partial charge in [0.1, 0.15) is 18.8 Å². The molecule has 1 aromatic carbocycles. The normalized spacial score (nSPS) is 14.3. The summed E-state index contributed by atoms with van der Waals surface area (Å²) in [6, 6.07) is 5.59. The fraction of sp³-hybridized carbons (Fsp3) is 0.333. The highest BCUT2D eigenvalue weighted by Crippen LogP contribution is 2.33. The maximum Gasteiger partial charge on any atom is 0.355 e. The van der Waals surface area contributed by atoms with Crippen molar-refractivity contribution in [1.29, 1.82) is 0 Å². The Morgan fingerprint density at radius 1 is 1.19 bits per heavy atom. The lowest BCUT2D eigenvalue weighted by Gasteiger charge is -2.32. The summed E-state index contributed by atoms with van der Waals surface area (Å²) >= 11 is 0. The zero-order chi connectivity index (χ0) is 19.6. The Bertz CT molecular complexity index is 918. The SMILES string of the molecule is COC(=O)C1=C(C(=O)OC)N(c2cccc(-c3nncn3C)c2C)COC1. The minimum atomic E-state index is -0.637. The predicted octanol–water partition coefficient (Wildman–Crippen LogP) is 1.18. The number of carbonyl (C=O) groups is 2. The van der Waals surface area contributed by atoms with Crippen LogP contribution in [-0.4, -0.2) is 54.3 Å². The standard InChI is InChI=1S/C18H20N4O5/c1-11-12(16-20-19-9-21(16)2)6-5-7-14(11)22-10-27-8-13(17(23)25-3)15(22)18(24)26-4/h5-7,9H,8,10H2,1-4H3. The number of hydrogen-bond acceptors (Lipinski definition) is 8. The predicted molar refractivity (Wildman–Crippen MR) is 95.5 cm³/mol. The second-order valence-electron chi connectivity index (χ2n) is 5.93. The first-order valence-corrected chi connectivity index (χ1v) is 8.18. The molecule has 9 heteroatoms. The molecule has 0 spiro atoms. The number of aryl methyl sites for hydroxylation is 1. The van der Waals surface area contributed by atoms with E-state index < -0.39 is 11.9 Å². The van der Waals surface area contributed by atoms with Crippen molar-refractivity contribution < 1.29 is 23.8 Å². The third-order valence-electron chi connectivity index (χ3n) is 4.38. The molecule has 0 fully saturated rings. The van der Waals surface area contributed by atoms with Crippen LogP contribution in [0.3, 0.4) is 0 Å². The van der Waals surface area contributed by atoms with Gasteiger partial charge in [0.2, 0.25) is 0 Å². The fourth-order valence-corrected chi connectivity index (χ4v) is 3.02. The highest BCUT2D eigenvalue weighted by atomic mass is 16.5. The molecule has 2 heterocycles. The van der Waals surface area contributed by atoms with Gasteiger partial charge in [0.05, 0.1) is 26.4 Å². The maximum absolute atomic E-state index is 12.4. The van der Waals surface area contributed by atoms with Gasteiger partial charge in [0.15, 0.2) is 5.82 Å². The number of benzene rings is 1. The first-order chi connectivity index (χ1) is 13.0. The molecule has 27 heavy (non-hydrogen) atoms. The second-order valence-corrected chi connectivity index (χ2v) is 5.93. The molecule has 1 aliphatic heterocycles. The van der Waals surface area contributed by atoms with Crippen LogP contribution >= 0.6 is 0 Å². The number of rotatable bonds is 4. The lowest BCUT2D eigenvalue weighted by atomic mass is 10.0. The van der Waals surface area contributed by atoms with Crippen molar-refractivity contribution >= 4 is 17.6 Å². The van der Waals surface area contributed by atoms with Crippen LogP contribution in [0.25, 0.3) is 11.4 Å². The Balaban J connectivity index is 2.16. The molecule has 0 radical (unpaired) electrons. The van der Waals surface area contributed by atoms with E-state index in [0.717, 1.165) is 11.1 Å². The van der Waals surface area contributed by atoms with E-state index in [4.69, 9.17) is 14.2 Å². The van der Waals surface area contributed by atoms with E-state index in [9.17, 15) is 9.59 Å². The molecule has 9 nitrogen and oxygen atoms in total. The summed E-state index contributed by atoms with van der Waals surface area (Å²) in [4.78, 5) is 26.2. The minimum Gasteiger partial charge on any atom is -0.466 e. The topological polar surface area (TPSA) is 95.8 Å². The molecule has 0 aliphatic carbocycles.